The lowest BCUT2D eigenvalue weighted by atomic mass is 10.2. The third kappa shape index (κ3) is 2.59. The summed E-state index contributed by atoms with van der Waals surface area (Å²) in [5, 5.41) is 13.7. The molecule has 0 aliphatic heterocycles. The Labute approximate surface area is 115 Å². The van der Waals surface area contributed by atoms with Crippen LogP contribution in [0.1, 0.15) is 16.1 Å². The van der Waals surface area contributed by atoms with Crippen molar-refractivity contribution in [3.63, 3.8) is 0 Å². The molecule has 1 heterocycles. The minimum absolute atomic E-state index is 0.189. The van der Waals surface area contributed by atoms with Crippen molar-refractivity contribution in [2.24, 2.45) is 0 Å². The Balaban J connectivity index is 2.44. The van der Waals surface area contributed by atoms with Gasteiger partial charge in [-0.1, -0.05) is 11.6 Å². The molecule has 19 heavy (non-hydrogen) atoms. The molecule has 0 atom stereocenters. The Bertz CT molecular complexity index is 670. The van der Waals surface area contributed by atoms with Crippen LogP contribution in [0.4, 0.5) is 0 Å². The molecular weight excluding hydrogens is 264 g/mol. The highest BCUT2D eigenvalue weighted by Gasteiger charge is 2.13. The summed E-state index contributed by atoms with van der Waals surface area (Å²) in [5.41, 5.74) is 1.31. The maximum Gasteiger partial charge on any atom is 0.273 e. The second-order valence-electron chi connectivity index (χ2n) is 4.12. The molecule has 6 heteroatoms. The number of hydrogen-bond donors (Lipinski definition) is 0. The molecule has 96 valence electrons. The molecule has 1 amide bonds. The number of carbonyl (C=O) groups excluding carboxylic acids is 1. The third-order valence-corrected chi connectivity index (χ3v) is 2.78. The zero-order valence-electron chi connectivity index (χ0n) is 10.5. The Morgan fingerprint density at radius 2 is 2.16 bits per heavy atom. The number of nitriles is 1. The van der Waals surface area contributed by atoms with Crippen molar-refractivity contribution in [3.05, 3.63) is 46.7 Å². The van der Waals surface area contributed by atoms with Gasteiger partial charge in [0.1, 0.15) is 6.07 Å². The van der Waals surface area contributed by atoms with Gasteiger partial charge in [-0.05, 0) is 24.3 Å². The van der Waals surface area contributed by atoms with Crippen molar-refractivity contribution in [3.8, 4) is 11.8 Å². The predicted octanol–water partition coefficient (Wildman–Crippen LogP) is 2.10. The second kappa shape index (κ2) is 5.12. The molecule has 0 bridgehead atoms. The summed E-state index contributed by atoms with van der Waals surface area (Å²) < 4.78 is 1.49. The largest absolute Gasteiger partial charge is 0.343 e. The van der Waals surface area contributed by atoms with Crippen molar-refractivity contribution < 1.29 is 4.79 Å². The number of halogens is 1. The molecule has 0 saturated carbocycles. The van der Waals surface area contributed by atoms with Crippen molar-refractivity contribution in [2.45, 2.75) is 0 Å². The maximum atomic E-state index is 11.8. The first kappa shape index (κ1) is 13.1. The van der Waals surface area contributed by atoms with Gasteiger partial charge in [0.25, 0.3) is 5.91 Å². The molecule has 0 radical (unpaired) electrons. The van der Waals surface area contributed by atoms with Crippen LogP contribution in [0.5, 0.6) is 0 Å². The van der Waals surface area contributed by atoms with E-state index in [0.717, 1.165) is 0 Å². The SMILES string of the molecule is CN(C)C(=O)c1ccn(-c2ccc(Cl)cc2C#N)n1. The highest BCUT2D eigenvalue weighted by molar-refractivity contribution is 6.30. The lowest BCUT2D eigenvalue weighted by Crippen LogP contribution is -2.22. The molecule has 1 aromatic heterocycles. The van der Waals surface area contributed by atoms with Gasteiger partial charge in [-0.25, -0.2) is 4.68 Å². The van der Waals surface area contributed by atoms with Gasteiger partial charge in [0.05, 0.1) is 11.3 Å². The van der Waals surface area contributed by atoms with Crippen LogP contribution in [-0.4, -0.2) is 34.7 Å². The monoisotopic (exact) mass is 274 g/mol. The Kier molecular flexibility index (Phi) is 3.54. The summed E-state index contributed by atoms with van der Waals surface area (Å²) >= 11 is 5.84. The molecule has 0 saturated heterocycles. The normalized spacial score (nSPS) is 10.0. The van der Waals surface area contributed by atoms with Crippen LogP contribution >= 0.6 is 11.6 Å². The van der Waals surface area contributed by atoms with Crippen LogP contribution in [0.25, 0.3) is 5.69 Å². The van der Waals surface area contributed by atoms with Crippen molar-refractivity contribution in [1.82, 2.24) is 14.7 Å². The molecule has 0 spiro atoms. The van der Waals surface area contributed by atoms with Crippen LogP contribution in [0.3, 0.4) is 0 Å². The van der Waals surface area contributed by atoms with E-state index in [9.17, 15) is 4.79 Å². The van der Waals surface area contributed by atoms with Crippen LogP contribution in [-0.2, 0) is 0 Å². The highest BCUT2D eigenvalue weighted by Crippen LogP contribution is 2.19. The fraction of sp³-hybridized carbons (Fsp3) is 0.154. The van der Waals surface area contributed by atoms with Crippen LogP contribution in [0.2, 0.25) is 5.02 Å². The van der Waals surface area contributed by atoms with Gasteiger partial charge in [0.15, 0.2) is 5.69 Å². The molecule has 2 aromatic rings. The Morgan fingerprint density at radius 3 is 2.79 bits per heavy atom. The lowest BCUT2D eigenvalue weighted by Gasteiger charge is -2.07. The number of hydrogen-bond acceptors (Lipinski definition) is 3. The smallest absolute Gasteiger partial charge is 0.273 e. The van der Waals surface area contributed by atoms with Gasteiger partial charge >= 0.3 is 0 Å². The minimum atomic E-state index is -0.189. The first-order valence-electron chi connectivity index (χ1n) is 5.50. The van der Waals surface area contributed by atoms with E-state index in [1.54, 1.807) is 44.6 Å². The molecule has 2 rings (SSSR count). The predicted molar refractivity (Wildman–Crippen MR) is 71.3 cm³/mol. The van der Waals surface area contributed by atoms with E-state index < -0.39 is 0 Å². The summed E-state index contributed by atoms with van der Waals surface area (Å²) in [4.78, 5) is 13.2. The molecule has 0 aliphatic rings. The van der Waals surface area contributed by atoms with E-state index in [1.807, 2.05) is 0 Å². The summed E-state index contributed by atoms with van der Waals surface area (Å²) in [6.45, 7) is 0. The summed E-state index contributed by atoms with van der Waals surface area (Å²) in [5.74, 6) is -0.189. The van der Waals surface area contributed by atoms with Crippen molar-refractivity contribution >= 4 is 17.5 Å². The summed E-state index contributed by atoms with van der Waals surface area (Å²) in [6, 6.07) is 8.59. The maximum absolute atomic E-state index is 11.8. The van der Waals surface area contributed by atoms with E-state index >= 15 is 0 Å². The van der Waals surface area contributed by atoms with Crippen molar-refractivity contribution in [1.29, 1.82) is 5.26 Å². The summed E-state index contributed by atoms with van der Waals surface area (Å²) in [6.07, 6.45) is 1.64. The van der Waals surface area contributed by atoms with Gasteiger partial charge in [0, 0.05) is 25.3 Å². The molecular formula is C13H11ClN4O. The molecule has 5 nitrogen and oxygen atoms in total. The number of aromatic nitrogens is 2. The van der Waals surface area contributed by atoms with Gasteiger partial charge in [0.2, 0.25) is 0 Å². The number of rotatable bonds is 2. The zero-order chi connectivity index (χ0) is 14.0. The lowest BCUT2D eigenvalue weighted by molar-refractivity contribution is 0.0821. The van der Waals surface area contributed by atoms with Crippen LogP contribution < -0.4 is 0 Å². The zero-order valence-corrected chi connectivity index (χ0v) is 11.2. The second-order valence-corrected chi connectivity index (χ2v) is 4.55. The number of carbonyl (C=O) groups is 1. The molecule has 0 unspecified atom stereocenters. The van der Waals surface area contributed by atoms with Gasteiger partial charge < -0.3 is 4.90 Å². The first-order chi connectivity index (χ1) is 9.02. The molecule has 1 aromatic carbocycles. The topological polar surface area (TPSA) is 61.9 Å². The van der Waals surface area contributed by atoms with E-state index in [2.05, 4.69) is 11.2 Å². The Hall–Kier alpha value is -2.32. The fourth-order valence-electron chi connectivity index (χ4n) is 1.60. The van der Waals surface area contributed by atoms with E-state index in [4.69, 9.17) is 16.9 Å². The van der Waals surface area contributed by atoms with E-state index in [1.165, 1.54) is 9.58 Å². The summed E-state index contributed by atoms with van der Waals surface area (Å²) in [7, 11) is 3.31. The number of nitrogens with zero attached hydrogens (tertiary/aromatic N) is 4. The van der Waals surface area contributed by atoms with Crippen LogP contribution in [0, 0.1) is 11.3 Å². The van der Waals surface area contributed by atoms with Crippen LogP contribution in [0.15, 0.2) is 30.5 Å². The van der Waals surface area contributed by atoms with E-state index in [0.29, 0.717) is 22.0 Å². The van der Waals surface area contributed by atoms with Gasteiger partial charge in [-0.15, -0.1) is 0 Å². The fourth-order valence-corrected chi connectivity index (χ4v) is 1.77. The van der Waals surface area contributed by atoms with Gasteiger partial charge in [-0.2, -0.15) is 10.4 Å². The standard InChI is InChI=1S/C13H11ClN4O/c1-17(2)13(19)11-5-6-18(16-11)12-4-3-10(14)7-9(12)8-15/h3-7H,1-2H3. The molecule has 0 aliphatic carbocycles. The average Bonchev–Trinajstić information content (AvgIpc) is 2.86. The Morgan fingerprint density at radius 1 is 1.42 bits per heavy atom. The minimum Gasteiger partial charge on any atom is -0.343 e. The number of amides is 1. The van der Waals surface area contributed by atoms with Crippen molar-refractivity contribution in [2.75, 3.05) is 14.1 Å². The van der Waals surface area contributed by atoms with E-state index in [-0.39, 0.29) is 5.91 Å². The first-order valence-corrected chi connectivity index (χ1v) is 5.88. The molecule has 0 fully saturated rings. The highest BCUT2D eigenvalue weighted by atomic mass is 35.5. The molecule has 0 N–H and O–H groups in total. The quantitative estimate of drug-likeness (QED) is 0.842. The van der Waals surface area contributed by atoms with Gasteiger partial charge in [-0.3, -0.25) is 4.79 Å². The third-order valence-electron chi connectivity index (χ3n) is 2.54. The average molecular weight is 275 g/mol. The number of benzene rings is 1.